The average Bonchev–Trinajstić information content (AvgIpc) is 2.73. The number of nitrogens with zero attached hydrogens (tertiary/aromatic N) is 1. The van der Waals surface area contributed by atoms with Gasteiger partial charge >= 0.3 is 0 Å². The lowest BCUT2D eigenvalue weighted by molar-refractivity contribution is -0.0325. The van der Waals surface area contributed by atoms with Crippen LogP contribution in [0.2, 0.25) is 0 Å². The smallest absolute Gasteiger partial charge is 0.0920 e. The minimum Gasteiger partial charge on any atom is -1.00 e. The number of piperidine rings is 1. The van der Waals surface area contributed by atoms with E-state index in [1.165, 1.54) is 16.7 Å². The summed E-state index contributed by atoms with van der Waals surface area (Å²) in [5.74, 6) is 0. The predicted molar refractivity (Wildman–Crippen MR) is 111 cm³/mol. The first-order valence-corrected chi connectivity index (χ1v) is 9.80. The molecule has 28 heavy (non-hydrogen) atoms. The van der Waals surface area contributed by atoms with Crippen LogP contribution < -0.4 is 12.4 Å². The Morgan fingerprint density at radius 3 is 1.93 bits per heavy atom. The molecule has 0 radical (unpaired) electrons. The zero-order valence-corrected chi connectivity index (χ0v) is 17.0. The third kappa shape index (κ3) is 4.15. The van der Waals surface area contributed by atoms with Crippen LogP contribution in [0.1, 0.15) is 41.1 Å². The van der Waals surface area contributed by atoms with E-state index in [0.717, 1.165) is 31.5 Å². The van der Waals surface area contributed by atoms with Crippen molar-refractivity contribution >= 4 is 0 Å². The van der Waals surface area contributed by atoms with Crippen molar-refractivity contribution in [3.63, 3.8) is 0 Å². The van der Waals surface area contributed by atoms with Gasteiger partial charge in [0.05, 0.1) is 11.6 Å². The molecule has 1 aliphatic heterocycles. The third-order valence-corrected chi connectivity index (χ3v) is 5.90. The monoisotopic (exact) mass is 392 g/mol. The summed E-state index contributed by atoms with van der Waals surface area (Å²) in [6.45, 7) is 3.94. The lowest BCUT2D eigenvalue weighted by atomic mass is 9.83. The summed E-state index contributed by atoms with van der Waals surface area (Å²) in [5.41, 5.74) is 4.31. The predicted octanol–water partition coefficient (Wildman–Crippen LogP) is 2.07. The van der Waals surface area contributed by atoms with Crippen molar-refractivity contribution in [3.05, 3.63) is 107 Å². The van der Waals surface area contributed by atoms with Crippen molar-refractivity contribution in [1.29, 1.82) is 0 Å². The lowest BCUT2D eigenvalue weighted by Gasteiger charge is -2.42. The summed E-state index contributed by atoms with van der Waals surface area (Å²) in [7, 11) is 0. The molecule has 1 fully saturated rings. The molecule has 3 aromatic rings. The Labute approximate surface area is 174 Å². The number of hydrogen-bond acceptors (Lipinski definition) is 2. The summed E-state index contributed by atoms with van der Waals surface area (Å²) in [6.07, 6.45) is 1.51. The first-order chi connectivity index (χ1) is 13.2. The highest BCUT2D eigenvalue weighted by Crippen LogP contribution is 2.38. The van der Waals surface area contributed by atoms with Crippen LogP contribution in [0.3, 0.4) is 0 Å². The van der Waals surface area contributed by atoms with Gasteiger partial charge in [-0.25, -0.2) is 0 Å². The Morgan fingerprint density at radius 2 is 1.32 bits per heavy atom. The second-order valence-electron chi connectivity index (χ2n) is 7.60. The van der Waals surface area contributed by atoms with E-state index in [9.17, 15) is 5.11 Å². The first-order valence-electron chi connectivity index (χ1n) is 9.80. The van der Waals surface area contributed by atoms with Gasteiger partial charge in [-0.1, -0.05) is 84.9 Å². The van der Waals surface area contributed by atoms with Crippen LogP contribution >= 0.6 is 0 Å². The van der Waals surface area contributed by atoms with Gasteiger partial charge in [0.25, 0.3) is 0 Å². The molecule has 1 unspecified atom stereocenters. The van der Waals surface area contributed by atoms with Crippen LogP contribution in [0.4, 0.5) is 0 Å². The fraction of sp³-hybridized carbons (Fsp3) is 0.280. The van der Waals surface area contributed by atoms with E-state index in [2.05, 4.69) is 66.4 Å². The van der Waals surface area contributed by atoms with E-state index in [1.807, 2.05) is 30.3 Å². The van der Waals surface area contributed by atoms with E-state index >= 15 is 0 Å². The summed E-state index contributed by atoms with van der Waals surface area (Å²) >= 11 is 0. The topological polar surface area (TPSA) is 23.5 Å². The Hall–Kier alpha value is -2.13. The lowest BCUT2D eigenvalue weighted by Crippen LogP contribution is -3.00. The summed E-state index contributed by atoms with van der Waals surface area (Å²) in [4.78, 5) is 2.52. The Kier molecular flexibility index (Phi) is 6.56. The molecule has 1 aliphatic rings. The van der Waals surface area contributed by atoms with Gasteiger partial charge in [0.2, 0.25) is 0 Å². The highest BCUT2D eigenvalue weighted by Gasteiger charge is 2.36. The van der Waals surface area contributed by atoms with E-state index in [4.69, 9.17) is 0 Å². The molecule has 3 aromatic carbocycles. The maximum absolute atomic E-state index is 11.2. The second kappa shape index (κ2) is 8.91. The van der Waals surface area contributed by atoms with E-state index in [0.29, 0.717) is 0 Å². The molecule has 1 heterocycles. The molecule has 146 valence electrons. The fourth-order valence-corrected chi connectivity index (χ4v) is 4.31. The molecule has 4 rings (SSSR count). The molecule has 0 amide bonds. The van der Waals surface area contributed by atoms with Gasteiger partial charge in [0.15, 0.2) is 0 Å². The number of aliphatic hydroxyl groups is 1. The maximum Gasteiger partial charge on any atom is 0.0920 e. The number of aryl methyl sites for hydroxylation is 1. The zero-order chi connectivity index (χ0) is 18.7. The second-order valence-corrected chi connectivity index (χ2v) is 7.60. The van der Waals surface area contributed by atoms with Crippen LogP contribution in [-0.4, -0.2) is 23.1 Å². The highest BCUT2D eigenvalue weighted by atomic mass is 35.5. The molecular weight excluding hydrogens is 366 g/mol. The van der Waals surface area contributed by atoms with Crippen LogP contribution in [-0.2, 0) is 5.60 Å². The first kappa shape index (κ1) is 20.6. The summed E-state index contributed by atoms with van der Waals surface area (Å²) < 4.78 is 0. The van der Waals surface area contributed by atoms with Crippen molar-refractivity contribution in [2.24, 2.45) is 0 Å². The van der Waals surface area contributed by atoms with Crippen LogP contribution in [0.15, 0.2) is 84.9 Å². The van der Waals surface area contributed by atoms with Gasteiger partial charge in [-0.3, -0.25) is 4.90 Å². The fourth-order valence-electron chi connectivity index (χ4n) is 4.31. The van der Waals surface area contributed by atoms with E-state index in [1.54, 1.807) is 0 Å². The summed E-state index contributed by atoms with van der Waals surface area (Å²) in [5, 5.41) is 11.2. The van der Waals surface area contributed by atoms with Crippen LogP contribution in [0, 0.1) is 6.92 Å². The Bertz CT molecular complexity index is 873. The molecule has 0 bridgehead atoms. The van der Waals surface area contributed by atoms with Crippen molar-refractivity contribution in [1.82, 2.24) is 4.90 Å². The van der Waals surface area contributed by atoms with Gasteiger partial charge in [-0.05, 0) is 42.0 Å². The molecule has 0 spiro atoms. The standard InChI is InChI=1S/C25H27NO.ClH/c1-20-10-8-9-15-23(20)24(21-11-4-2-5-12-21)26-18-16-25(27,17-19-26)22-13-6-3-7-14-22;/h2-15,24,27H,16-19H2,1H3;1H/p-1. The van der Waals surface area contributed by atoms with Gasteiger partial charge in [-0.2, -0.15) is 0 Å². The van der Waals surface area contributed by atoms with Crippen molar-refractivity contribution in [2.75, 3.05) is 13.1 Å². The molecule has 1 atom stereocenters. The molecule has 1 saturated heterocycles. The van der Waals surface area contributed by atoms with Gasteiger partial charge < -0.3 is 17.5 Å². The summed E-state index contributed by atoms with van der Waals surface area (Å²) in [6, 6.07) is 29.8. The number of halogens is 1. The van der Waals surface area contributed by atoms with Crippen molar-refractivity contribution in [2.45, 2.75) is 31.4 Å². The molecule has 0 aliphatic carbocycles. The Morgan fingerprint density at radius 1 is 0.786 bits per heavy atom. The number of benzene rings is 3. The largest absolute Gasteiger partial charge is 1.00 e. The van der Waals surface area contributed by atoms with Crippen molar-refractivity contribution < 1.29 is 17.5 Å². The van der Waals surface area contributed by atoms with Crippen LogP contribution in [0.5, 0.6) is 0 Å². The average molecular weight is 393 g/mol. The molecule has 0 aromatic heterocycles. The van der Waals surface area contributed by atoms with Crippen molar-refractivity contribution in [3.8, 4) is 0 Å². The quantitative estimate of drug-likeness (QED) is 0.734. The molecule has 3 heteroatoms. The van der Waals surface area contributed by atoms with Gasteiger partial charge in [-0.15, -0.1) is 0 Å². The highest BCUT2D eigenvalue weighted by molar-refractivity contribution is 5.37. The van der Waals surface area contributed by atoms with E-state index < -0.39 is 5.60 Å². The third-order valence-electron chi connectivity index (χ3n) is 5.90. The normalized spacial score (nSPS) is 17.5. The zero-order valence-electron chi connectivity index (χ0n) is 16.3. The Balaban J connectivity index is 0.00000225. The molecular formula is C25H27ClNO-. The maximum atomic E-state index is 11.2. The SMILES string of the molecule is Cc1ccccc1C(c1ccccc1)N1CCC(O)(c2ccccc2)CC1.[Cl-]. The minimum absolute atomic E-state index is 0. The van der Waals surface area contributed by atoms with E-state index in [-0.39, 0.29) is 18.4 Å². The number of hydrogen-bond donors (Lipinski definition) is 1. The van der Waals surface area contributed by atoms with Gasteiger partial charge in [0.1, 0.15) is 0 Å². The van der Waals surface area contributed by atoms with Crippen LogP contribution in [0.25, 0.3) is 0 Å². The number of likely N-dealkylation sites (tertiary alicyclic amines) is 1. The molecule has 2 nitrogen and oxygen atoms in total. The minimum atomic E-state index is -0.718. The molecule has 0 saturated carbocycles. The van der Waals surface area contributed by atoms with Gasteiger partial charge in [0, 0.05) is 13.1 Å². The number of rotatable bonds is 4. The molecule has 1 N–H and O–H groups in total.